The highest BCUT2D eigenvalue weighted by molar-refractivity contribution is 5.96. The fourth-order valence-corrected chi connectivity index (χ4v) is 5.37. The number of H-pyrrole nitrogens is 2. The molecule has 2 N–H and O–H groups in total. The summed E-state index contributed by atoms with van der Waals surface area (Å²) < 4.78 is 2.01. The van der Waals surface area contributed by atoms with Crippen LogP contribution in [0.25, 0.3) is 50.3 Å². The highest BCUT2D eigenvalue weighted by Gasteiger charge is 2.16. The van der Waals surface area contributed by atoms with E-state index >= 15 is 0 Å². The van der Waals surface area contributed by atoms with E-state index in [1.54, 1.807) is 0 Å². The molecule has 2 aromatic carbocycles. The van der Waals surface area contributed by atoms with Gasteiger partial charge >= 0.3 is 0 Å². The van der Waals surface area contributed by atoms with Crippen molar-refractivity contribution in [2.45, 2.75) is 32.7 Å². The topological polar surface area (TPSA) is 91.3 Å². The lowest BCUT2D eigenvalue weighted by Gasteiger charge is -2.26. The Morgan fingerprint density at radius 2 is 1.86 bits per heavy atom. The van der Waals surface area contributed by atoms with Gasteiger partial charge in [-0.3, -0.25) is 15.0 Å². The number of nitrogens with zero attached hydrogens (tertiary/aromatic N) is 6. The Hall–Kier alpha value is -4.30. The third-order valence-electron chi connectivity index (χ3n) is 7.25. The standard InChI is InChI=1S/C29H28N8/c1-19-16-37(18-31-19)26-7-5-6-25-28(26)33-29(32-25)27-23-13-21(8-9-24(23)34-35-27)22-12-20(14-30-15-22)17-36-10-3-2-4-11-36/h5-9,12-16,18H,2-4,10-11,17H2,1H3,(H,32,33)(H,34,35). The minimum absolute atomic E-state index is 0.736. The molecule has 1 saturated heterocycles. The lowest BCUT2D eigenvalue weighted by atomic mass is 10.0. The highest BCUT2D eigenvalue weighted by atomic mass is 15.1. The Kier molecular flexibility index (Phi) is 5.32. The number of para-hydroxylation sites is 1. The molecule has 1 aliphatic heterocycles. The number of aromatic amines is 2. The maximum absolute atomic E-state index is 4.97. The largest absolute Gasteiger partial charge is 0.336 e. The lowest BCUT2D eigenvalue weighted by molar-refractivity contribution is 0.220. The van der Waals surface area contributed by atoms with Crippen LogP contribution in [0, 0.1) is 6.92 Å². The molecule has 184 valence electrons. The van der Waals surface area contributed by atoms with Gasteiger partial charge in [0.05, 0.1) is 28.7 Å². The Balaban J connectivity index is 1.26. The molecule has 0 bridgehead atoms. The Morgan fingerprint density at radius 3 is 2.73 bits per heavy atom. The predicted molar refractivity (Wildman–Crippen MR) is 145 cm³/mol. The molecule has 6 aromatic rings. The van der Waals surface area contributed by atoms with E-state index in [0.29, 0.717) is 0 Å². The SMILES string of the molecule is Cc1cn(-c2cccc3[nH]c(-c4n[nH]c5ccc(-c6cncc(CN7CCCCC7)c6)cc45)nc23)cn1. The minimum atomic E-state index is 0.736. The number of nitrogens with one attached hydrogen (secondary N) is 2. The maximum Gasteiger partial charge on any atom is 0.159 e. The van der Waals surface area contributed by atoms with Crippen LogP contribution in [-0.4, -0.2) is 52.7 Å². The van der Waals surface area contributed by atoms with E-state index in [9.17, 15) is 0 Å². The van der Waals surface area contributed by atoms with Gasteiger partial charge < -0.3 is 9.55 Å². The van der Waals surface area contributed by atoms with Gasteiger partial charge in [0.25, 0.3) is 0 Å². The molecule has 1 aliphatic rings. The van der Waals surface area contributed by atoms with Crippen LogP contribution in [0.4, 0.5) is 0 Å². The fourth-order valence-electron chi connectivity index (χ4n) is 5.37. The molecule has 5 heterocycles. The van der Waals surface area contributed by atoms with Crippen molar-refractivity contribution in [3.05, 3.63) is 78.6 Å². The third kappa shape index (κ3) is 4.09. The van der Waals surface area contributed by atoms with Crippen LogP contribution in [0.15, 0.2) is 67.4 Å². The van der Waals surface area contributed by atoms with Gasteiger partial charge in [-0.25, -0.2) is 9.97 Å². The van der Waals surface area contributed by atoms with Crippen LogP contribution >= 0.6 is 0 Å². The van der Waals surface area contributed by atoms with Crippen molar-refractivity contribution in [1.29, 1.82) is 0 Å². The van der Waals surface area contributed by atoms with Crippen LogP contribution in [-0.2, 0) is 6.54 Å². The molecule has 0 unspecified atom stereocenters. The number of aromatic nitrogens is 7. The van der Waals surface area contributed by atoms with Crippen molar-refractivity contribution in [1.82, 2.24) is 39.6 Å². The predicted octanol–water partition coefficient (Wildman–Crippen LogP) is 5.65. The molecule has 0 saturated carbocycles. The van der Waals surface area contributed by atoms with E-state index in [-0.39, 0.29) is 0 Å². The van der Waals surface area contributed by atoms with Crippen LogP contribution in [0.3, 0.4) is 0 Å². The van der Waals surface area contributed by atoms with Crippen molar-refractivity contribution in [2.24, 2.45) is 0 Å². The second kappa shape index (κ2) is 8.97. The summed E-state index contributed by atoms with van der Waals surface area (Å²) in [6, 6.07) is 14.8. The molecule has 7 rings (SSSR count). The fraction of sp³-hybridized carbons (Fsp3) is 0.241. The zero-order chi connectivity index (χ0) is 24.8. The second-order valence-corrected chi connectivity index (χ2v) is 9.93. The van der Waals surface area contributed by atoms with Crippen molar-refractivity contribution >= 4 is 21.9 Å². The molecule has 0 radical (unpaired) electrons. The van der Waals surface area contributed by atoms with Gasteiger partial charge in [-0.15, -0.1) is 0 Å². The zero-order valence-electron chi connectivity index (χ0n) is 20.8. The lowest BCUT2D eigenvalue weighted by Crippen LogP contribution is -2.29. The molecule has 1 fully saturated rings. The molecule has 37 heavy (non-hydrogen) atoms. The first-order valence-electron chi connectivity index (χ1n) is 12.9. The van der Waals surface area contributed by atoms with Crippen molar-refractivity contribution < 1.29 is 0 Å². The monoisotopic (exact) mass is 488 g/mol. The van der Waals surface area contributed by atoms with E-state index in [2.05, 4.69) is 60.4 Å². The van der Waals surface area contributed by atoms with Crippen LogP contribution in [0.1, 0.15) is 30.5 Å². The van der Waals surface area contributed by atoms with Crippen LogP contribution < -0.4 is 0 Å². The molecule has 0 amide bonds. The van der Waals surface area contributed by atoms with Gasteiger partial charge in [-0.05, 0) is 74.3 Å². The van der Waals surface area contributed by atoms with Gasteiger partial charge in [-0.1, -0.05) is 18.6 Å². The average Bonchev–Trinajstić information content (AvgIpc) is 3.66. The van der Waals surface area contributed by atoms with E-state index in [0.717, 1.165) is 62.5 Å². The van der Waals surface area contributed by atoms with E-state index in [4.69, 9.17) is 4.98 Å². The Bertz CT molecular complexity index is 1720. The second-order valence-electron chi connectivity index (χ2n) is 9.93. The first-order chi connectivity index (χ1) is 18.2. The molecule has 8 heteroatoms. The summed E-state index contributed by atoms with van der Waals surface area (Å²) in [5.74, 6) is 0.736. The van der Waals surface area contributed by atoms with Crippen molar-refractivity contribution in [3.63, 3.8) is 0 Å². The number of likely N-dealkylation sites (tertiary alicyclic amines) is 1. The molecule has 0 spiro atoms. The minimum Gasteiger partial charge on any atom is -0.336 e. The Morgan fingerprint density at radius 1 is 0.946 bits per heavy atom. The van der Waals surface area contributed by atoms with E-state index < -0.39 is 0 Å². The number of rotatable bonds is 5. The number of aryl methyl sites for hydroxylation is 1. The summed E-state index contributed by atoms with van der Waals surface area (Å²) in [6.07, 6.45) is 11.7. The molecule has 8 nitrogen and oxygen atoms in total. The Labute approximate surface area is 214 Å². The molecule has 0 aliphatic carbocycles. The summed E-state index contributed by atoms with van der Waals surface area (Å²) in [7, 11) is 0. The van der Waals surface area contributed by atoms with Crippen molar-refractivity contribution in [3.8, 4) is 28.3 Å². The number of hydrogen-bond donors (Lipinski definition) is 2. The van der Waals surface area contributed by atoms with Gasteiger partial charge in [0.1, 0.15) is 11.2 Å². The number of imidazole rings is 2. The average molecular weight is 489 g/mol. The molecular weight excluding hydrogens is 460 g/mol. The third-order valence-corrected chi connectivity index (χ3v) is 7.25. The number of pyridine rings is 1. The number of piperidine rings is 1. The van der Waals surface area contributed by atoms with E-state index in [1.165, 1.54) is 37.9 Å². The maximum atomic E-state index is 4.97. The van der Waals surface area contributed by atoms with E-state index in [1.807, 2.05) is 48.5 Å². The summed E-state index contributed by atoms with van der Waals surface area (Å²) in [4.78, 5) is 19.9. The first kappa shape index (κ1) is 21.9. The van der Waals surface area contributed by atoms with Gasteiger partial charge in [0, 0.05) is 36.1 Å². The zero-order valence-corrected chi connectivity index (χ0v) is 20.8. The number of benzene rings is 2. The highest BCUT2D eigenvalue weighted by Crippen LogP contribution is 2.32. The molecular formula is C29H28N8. The van der Waals surface area contributed by atoms with Gasteiger partial charge in [0.15, 0.2) is 5.82 Å². The summed E-state index contributed by atoms with van der Waals surface area (Å²) in [5.41, 5.74) is 9.06. The summed E-state index contributed by atoms with van der Waals surface area (Å²) in [6.45, 7) is 5.29. The summed E-state index contributed by atoms with van der Waals surface area (Å²) >= 11 is 0. The van der Waals surface area contributed by atoms with Gasteiger partial charge in [0.2, 0.25) is 0 Å². The van der Waals surface area contributed by atoms with Crippen molar-refractivity contribution in [2.75, 3.05) is 13.1 Å². The number of fused-ring (bicyclic) bond motifs is 2. The van der Waals surface area contributed by atoms with Gasteiger partial charge in [-0.2, -0.15) is 5.10 Å². The van der Waals surface area contributed by atoms with Crippen LogP contribution in [0.5, 0.6) is 0 Å². The normalized spacial score (nSPS) is 14.6. The summed E-state index contributed by atoms with van der Waals surface area (Å²) in [5, 5.41) is 8.84. The quantitative estimate of drug-likeness (QED) is 0.327. The van der Waals surface area contributed by atoms with Crippen LogP contribution in [0.2, 0.25) is 0 Å². The molecule has 4 aromatic heterocycles. The number of hydrogen-bond acceptors (Lipinski definition) is 5. The first-order valence-corrected chi connectivity index (χ1v) is 12.9. The molecule has 0 atom stereocenters. The smallest absolute Gasteiger partial charge is 0.159 e.